The molecule has 0 radical (unpaired) electrons. The molecule has 1 N–H and O–H groups in total. The minimum Gasteiger partial charge on any atom is -0.341 e. The highest BCUT2D eigenvalue weighted by atomic mass is 16.2. The van der Waals surface area contributed by atoms with Crippen LogP contribution in [0.5, 0.6) is 0 Å². The van der Waals surface area contributed by atoms with Gasteiger partial charge in [-0.25, -0.2) is 0 Å². The van der Waals surface area contributed by atoms with Crippen LogP contribution in [-0.4, -0.2) is 36.0 Å². The van der Waals surface area contributed by atoms with Crippen molar-refractivity contribution < 1.29 is 6.22 Å². The molecule has 0 aromatic rings. The number of rotatable bonds is 2. The second-order valence-corrected chi connectivity index (χ2v) is 3.77. The molecule has 1 heterocycles. The number of carbonyl (C=O) groups is 1. The minimum absolute atomic E-state index is 0. The Morgan fingerprint density at radius 1 is 1.67 bits per heavy atom. The Morgan fingerprint density at radius 3 is 2.75 bits per heavy atom. The Kier molecular flexibility index (Phi) is 3.09. The molecule has 1 saturated heterocycles. The lowest BCUT2D eigenvalue weighted by Gasteiger charge is -2.16. The summed E-state index contributed by atoms with van der Waals surface area (Å²) in [5.74, 6) is 0.197. The number of hydrogen-bond acceptors (Lipinski definition) is 2. The van der Waals surface area contributed by atoms with Gasteiger partial charge in [-0.15, -0.1) is 0 Å². The van der Waals surface area contributed by atoms with E-state index < -0.39 is 0 Å². The van der Waals surface area contributed by atoms with Crippen LogP contribution >= 0.6 is 0 Å². The molecule has 1 aliphatic rings. The lowest BCUT2D eigenvalue weighted by molar-refractivity contribution is -0.127. The zero-order valence-corrected chi connectivity index (χ0v) is 8.13. The van der Waals surface area contributed by atoms with Crippen LogP contribution in [0.1, 0.15) is 28.6 Å². The summed E-state index contributed by atoms with van der Waals surface area (Å²) in [5.41, 5.74) is 0. The SMILES string of the molecule is CC(=O)N1CC[C@@H](NC(C)C)C1.[HH]. The molecule has 0 aliphatic carbocycles. The molecule has 0 aromatic carbocycles. The van der Waals surface area contributed by atoms with E-state index in [1.807, 2.05) is 4.90 Å². The van der Waals surface area contributed by atoms with Gasteiger partial charge < -0.3 is 10.2 Å². The first-order valence-electron chi connectivity index (χ1n) is 4.61. The van der Waals surface area contributed by atoms with Gasteiger partial charge in [0.25, 0.3) is 0 Å². The van der Waals surface area contributed by atoms with Gasteiger partial charge in [0.1, 0.15) is 0 Å². The van der Waals surface area contributed by atoms with Crippen LogP contribution < -0.4 is 5.32 Å². The number of hydrogen-bond donors (Lipinski definition) is 1. The normalized spacial score (nSPS) is 23.7. The average molecular weight is 172 g/mol. The third-order valence-electron chi connectivity index (χ3n) is 2.20. The van der Waals surface area contributed by atoms with Gasteiger partial charge in [-0.05, 0) is 6.42 Å². The summed E-state index contributed by atoms with van der Waals surface area (Å²) in [7, 11) is 0. The predicted molar refractivity (Wildman–Crippen MR) is 51.0 cm³/mol. The molecule has 0 spiro atoms. The van der Waals surface area contributed by atoms with Gasteiger partial charge in [-0.1, -0.05) is 13.8 Å². The van der Waals surface area contributed by atoms with E-state index in [9.17, 15) is 4.79 Å². The van der Waals surface area contributed by atoms with Crippen molar-refractivity contribution >= 4 is 5.91 Å². The summed E-state index contributed by atoms with van der Waals surface area (Å²) >= 11 is 0. The maximum Gasteiger partial charge on any atom is 0.219 e. The Labute approximate surface area is 75.6 Å². The van der Waals surface area contributed by atoms with Crippen LogP contribution in [0, 0.1) is 0 Å². The van der Waals surface area contributed by atoms with E-state index in [2.05, 4.69) is 19.2 Å². The van der Waals surface area contributed by atoms with E-state index in [0.29, 0.717) is 12.1 Å². The molecule has 3 nitrogen and oxygen atoms in total. The largest absolute Gasteiger partial charge is 0.341 e. The lowest BCUT2D eigenvalue weighted by Crippen LogP contribution is -2.37. The van der Waals surface area contributed by atoms with Gasteiger partial charge in [0, 0.05) is 33.5 Å². The van der Waals surface area contributed by atoms with Crippen LogP contribution in [-0.2, 0) is 4.79 Å². The highest BCUT2D eigenvalue weighted by molar-refractivity contribution is 5.73. The topological polar surface area (TPSA) is 32.3 Å². The predicted octanol–water partition coefficient (Wildman–Crippen LogP) is 0.851. The second kappa shape index (κ2) is 3.90. The highest BCUT2D eigenvalue weighted by Gasteiger charge is 2.23. The molecule has 1 atom stereocenters. The summed E-state index contributed by atoms with van der Waals surface area (Å²) in [6, 6.07) is 1.02. The maximum atomic E-state index is 11.0. The molecule has 1 fully saturated rings. The standard InChI is InChI=1S/C9H18N2O.H2/c1-7(2)10-9-4-5-11(6-9)8(3)12;/h7,9-10H,4-6H2,1-3H3;1H/t9-;/m1./s1. The molecular formula is C9H20N2O. The van der Waals surface area contributed by atoms with Crippen molar-refractivity contribution in [2.45, 2.75) is 39.3 Å². The van der Waals surface area contributed by atoms with Crippen molar-refractivity contribution in [3.8, 4) is 0 Å². The summed E-state index contributed by atoms with van der Waals surface area (Å²) in [5, 5.41) is 3.43. The Bertz CT molecular complexity index is 173. The summed E-state index contributed by atoms with van der Waals surface area (Å²) in [6.07, 6.45) is 1.10. The smallest absolute Gasteiger partial charge is 0.219 e. The number of nitrogens with zero attached hydrogens (tertiary/aromatic N) is 1. The third kappa shape index (κ3) is 2.48. The number of likely N-dealkylation sites (tertiary alicyclic amines) is 1. The fourth-order valence-electron chi connectivity index (χ4n) is 1.65. The quantitative estimate of drug-likeness (QED) is 0.670. The molecule has 12 heavy (non-hydrogen) atoms. The fourth-order valence-corrected chi connectivity index (χ4v) is 1.65. The monoisotopic (exact) mass is 172 g/mol. The molecule has 0 bridgehead atoms. The molecular weight excluding hydrogens is 152 g/mol. The Morgan fingerprint density at radius 2 is 2.33 bits per heavy atom. The maximum absolute atomic E-state index is 11.0. The van der Waals surface area contributed by atoms with Gasteiger partial charge >= 0.3 is 0 Å². The first kappa shape index (κ1) is 9.52. The number of nitrogens with one attached hydrogen (secondary N) is 1. The van der Waals surface area contributed by atoms with E-state index >= 15 is 0 Å². The van der Waals surface area contributed by atoms with E-state index in [4.69, 9.17) is 0 Å². The van der Waals surface area contributed by atoms with Crippen LogP contribution in [0.3, 0.4) is 0 Å². The van der Waals surface area contributed by atoms with Gasteiger partial charge in [0.15, 0.2) is 0 Å². The fraction of sp³-hybridized carbons (Fsp3) is 0.889. The summed E-state index contributed by atoms with van der Waals surface area (Å²) in [6.45, 7) is 7.71. The van der Waals surface area contributed by atoms with Gasteiger partial charge in [0.2, 0.25) is 5.91 Å². The van der Waals surface area contributed by atoms with Gasteiger partial charge in [-0.2, -0.15) is 0 Å². The molecule has 1 rings (SSSR count). The van der Waals surface area contributed by atoms with Crippen LogP contribution in [0.2, 0.25) is 0 Å². The second-order valence-electron chi connectivity index (χ2n) is 3.77. The molecule has 0 aromatic heterocycles. The molecule has 72 valence electrons. The molecule has 3 heteroatoms. The summed E-state index contributed by atoms with van der Waals surface area (Å²) in [4.78, 5) is 12.9. The number of carbonyl (C=O) groups excluding carboxylic acids is 1. The van der Waals surface area contributed by atoms with Gasteiger partial charge in [0.05, 0.1) is 0 Å². The Hall–Kier alpha value is -0.570. The third-order valence-corrected chi connectivity index (χ3v) is 2.20. The van der Waals surface area contributed by atoms with E-state index in [0.717, 1.165) is 19.5 Å². The van der Waals surface area contributed by atoms with Crippen LogP contribution in [0.4, 0.5) is 0 Å². The first-order valence-corrected chi connectivity index (χ1v) is 4.61. The average Bonchev–Trinajstić information content (AvgIpc) is 2.34. The number of amides is 1. The summed E-state index contributed by atoms with van der Waals surface area (Å²) < 4.78 is 0. The zero-order chi connectivity index (χ0) is 9.14. The Balaban J connectivity index is 0.00000144. The van der Waals surface area contributed by atoms with Crippen molar-refractivity contribution in [3.63, 3.8) is 0 Å². The van der Waals surface area contributed by atoms with Crippen molar-refractivity contribution in [1.29, 1.82) is 0 Å². The van der Waals surface area contributed by atoms with Crippen molar-refractivity contribution in [2.75, 3.05) is 13.1 Å². The lowest BCUT2D eigenvalue weighted by atomic mass is 10.2. The van der Waals surface area contributed by atoms with E-state index in [-0.39, 0.29) is 7.33 Å². The van der Waals surface area contributed by atoms with E-state index in [1.165, 1.54) is 0 Å². The molecule has 1 aliphatic heterocycles. The molecule has 0 unspecified atom stereocenters. The van der Waals surface area contributed by atoms with Crippen molar-refractivity contribution in [1.82, 2.24) is 10.2 Å². The minimum atomic E-state index is 0. The molecule has 0 saturated carbocycles. The zero-order valence-electron chi connectivity index (χ0n) is 8.13. The highest BCUT2D eigenvalue weighted by Crippen LogP contribution is 2.09. The van der Waals surface area contributed by atoms with Crippen molar-refractivity contribution in [2.24, 2.45) is 0 Å². The van der Waals surface area contributed by atoms with E-state index in [1.54, 1.807) is 6.92 Å². The van der Waals surface area contributed by atoms with Crippen molar-refractivity contribution in [3.05, 3.63) is 0 Å². The molecule has 1 amide bonds. The van der Waals surface area contributed by atoms with Gasteiger partial charge in [-0.3, -0.25) is 4.79 Å². The van der Waals surface area contributed by atoms with Crippen LogP contribution in [0.25, 0.3) is 0 Å². The van der Waals surface area contributed by atoms with Crippen LogP contribution in [0.15, 0.2) is 0 Å². The first-order chi connectivity index (χ1) is 5.59.